The predicted octanol–water partition coefficient (Wildman–Crippen LogP) is 1.73. The third kappa shape index (κ3) is 3.55. The van der Waals surface area contributed by atoms with Crippen molar-refractivity contribution < 1.29 is 9.59 Å². The molecule has 2 aromatic rings. The second kappa shape index (κ2) is 7.04. The highest BCUT2D eigenvalue weighted by molar-refractivity contribution is 5.96. The number of pyridine rings is 1. The van der Waals surface area contributed by atoms with Gasteiger partial charge in [-0.1, -0.05) is 0 Å². The zero-order valence-electron chi connectivity index (χ0n) is 14.8. The first-order valence-corrected chi connectivity index (χ1v) is 8.49. The molecule has 0 unspecified atom stereocenters. The minimum Gasteiger partial charge on any atom is -0.354 e. The molecule has 2 aromatic heterocycles. The summed E-state index contributed by atoms with van der Waals surface area (Å²) in [6, 6.07) is 5.49. The van der Waals surface area contributed by atoms with Crippen molar-refractivity contribution in [1.82, 2.24) is 25.0 Å². The van der Waals surface area contributed by atoms with Crippen LogP contribution in [0.25, 0.3) is 0 Å². The number of carbonyl (C=O) groups excluding carboxylic acids is 2. The number of piperidine rings is 1. The number of hydrogen-bond donors (Lipinski definition) is 1. The second-order valence-electron chi connectivity index (χ2n) is 6.43. The molecule has 0 aromatic carbocycles. The number of likely N-dealkylation sites (tertiary alicyclic amines) is 1. The first-order valence-electron chi connectivity index (χ1n) is 8.49. The summed E-state index contributed by atoms with van der Waals surface area (Å²) in [6.45, 7) is 5.39. The number of aromatic nitrogens is 3. The largest absolute Gasteiger partial charge is 0.354 e. The molecule has 1 N–H and O–H groups in total. The monoisotopic (exact) mass is 341 g/mol. The topological polar surface area (TPSA) is 80.1 Å². The maximum Gasteiger partial charge on any atom is 0.269 e. The summed E-state index contributed by atoms with van der Waals surface area (Å²) in [5.41, 5.74) is 2.92. The lowest BCUT2D eigenvalue weighted by Gasteiger charge is -2.33. The van der Waals surface area contributed by atoms with E-state index in [2.05, 4.69) is 21.5 Å². The van der Waals surface area contributed by atoms with E-state index in [1.165, 1.54) is 6.20 Å². The van der Waals surface area contributed by atoms with E-state index in [1.807, 2.05) is 23.4 Å². The Morgan fingerprint density at radius 1 is 1.28 bits per heavy atom. The standard InChI is InChI=1S/C18H23N5O2/c1-12-9-13(2)23(21-12)15-5-4-8-22(11-15)18(25)14-6-7-16(20-10-14)17(24)19-3/h6-7,9-10,15H,4-5,8,11H2,1-3H3,(H,19,24)/t15-/m1/s1. The lowest BCUT2D eigenvalue weighted by Crippen LogP contribution is -2.41. The number of aryl methyl sites for hydroxylation is 2. The third-order valence-corrected chi connectivity index (χ3v) is 4.54. The Labute approximate surface area is 147 Å². The Balaban J connectivity index is 1.73. The molecule has 0 radical (unpaired) electrons. The Hall–Kier alpha value is -2.70. The van der Waals surface area contributed by atoms with Crippen LogP contribution < -0.4 is 5.32 Å². The van der Waals surface area contributed by atoms with Crippen molar-refractivity contribution in [2.45, 2.75) is 32.7 Å². The minimum atomic E-state index is -0.262. The molecule has 1 aliphatic heterocycles. The predicted molar refractivity (Wildman–Crippen MR) is 93.5 cm³/mol. The van der Waals surface area contributed by atoms with Crippen LogP contribution in [0, 0.1) is 13.8 Å². The summed E-state index contributed by atoms with van der Waals surface area (Å²) in [7, 11) is 1.55. The SMILES string of the molecule is CNC(=O)c1ccc(C(=O)N2CCC[C@@H](n3nc(C)cc3C)C2)cn1. The highest BCUT2D eigenvalue weighted by Crippen LogP contribution is 2.24. The van der Waals surface area contributed by atoms with Gasteiger partial charge in [0.25, 0.3) is 11.8 Å². The van der Waals surface area contributed by atoms with E-state index >= 15 is 0 Å². The van der Waals surface area contributed by atoms with Crippen LogP contribution in [-0.2, 0) is 0 Å². The molecule has 3 heterocycles. The van der Waals surface area contributed by atoms with E-state index in [9.17, 15) is 9.59 Å². The molecule has 132 valence electrons. The Morgan fingerprint density at radius 2 is 2.08 bits per heavy atom. The van der Waals surface area contributed by atoms with Gasteiger partial charge in [-0.25, -0.2) is 0 Å². The molecule has 1 fully saturated rings. The highest BCUT2D eigenvalue weighted by Gasteiger charge is 2.27. The first kappa shape index (κ1) is 17.1. The molecule has 1 atom stereocenters. The second-order valence-corrected chi connectivity index (χ2v) is 6.43. The van der Waals surface area contributed by atoms with Crippen molar-refractivity contribution in [3.8, 4) is 0 Å². The molecule has 7 heteroatoms. The first-order chi connectivity index (χ1) is 12.0. The maximum absolute atomic E-state index is 12.8. The summed E-state index contributed by atoms with van der Waals surface area (Å²) >= 11 is 0. The van der Waals surface area contributed by atoms with Crippen molar-refractivity contribution in [2.24, 2.45) is 0 Å². The average Bonchev–Trinajstić information content (AvgIpc) is 2.99. The van der Waals surface area contributed by atoms with Crippen LogP contribution in [0.2, 0.25) is 0 Å². The van der Waals surface area contributed by atoms with Gasteiger partial charge in [0, 0.05) is 32.0 Å². The van der Waals surface area contributed by atoms with Crippen molar-refractivity contribution >= 4 is 11.8 Å². The van der Waals surface area contributed by atoms with Gasteiger partial charge in [-0.2, -0.15) is 5.10 Å². The lowest BCUT2D eigenvalue weighted by atomic mass is 10.0. The van der Waals surface area contributed by atoms with E-state index in [1.54, 1.807) is 19.2 Å². The molecule has 0 saturated carbocycles. The molecule has 2 amide bonds. The normalized spacial score (nSPS) is 17.4. The van der Waals surface area contributed by atoms with Crippen molar-refractivity contribution in [3.05, 3.63) is 47.0 Å². The summed E-state index contributed by atoms with van der Waals surface area (Å²) in [6.07, 6.45) is 3.43. The van der Waals surface area contributed by atoms with E-state index in [-0.39, 0.29) is 17.9 Å². The molecule has 1 aliphatic rings. The molecule has 0 spiro atoms. The third-order valence-electron chi connectivity index (χ3n) is 4.54. The fraction of sp³-hybridized carbons (Fsp3) is 0.444. The van der Waals surface area contributed by atoms with E-state index in [0.717, 1.165) is 30.8 Å². The van der Waals surface area contributed by atoms with Gasteiger partial charge in [-0.3, -0.25) is 19.3 Å². The number of nitrogens with one attached hydrogen (secondary N) is 1. The van der Waals surface area contributed by atoms with Gasteiger partial charge in [0.15, 0.2) is 0 Å². The minimum absolute atomic E-state index is 0.0535. The quantitative estimate of drug-likeness (QED) is 0.922. The van der Waals surface area contributed by atoms with Gasteiger partial charge in [-0.15, -0.1) is 0 Å². The van der Waals surface area contributed by atoms with Gasteiger partial charge in [0.1, 0.15) is 5.69 Å². The summed E-state index contributed by atoms with van der Waals surface area (Å²) < 4.78 is 2.03. The van der Waals surface area contributed by atoms with Gasteiger partial charge in [-0.05, 0) is 44.9 Å². The summed E-state index contributed by atoms with van der Waals surface area (Å²) in [5, 5.41) is 7.08. The van der Waals surface area contributed by atoms with Crippen LogP contribution in [0.3, 0.4) is 0 Å². The van der Waals surface area contributed by atoms with Gasteiger partial charge in [0.2, 0.25) is 0 Å². The smallest absolute Gasteiger partial charge is 0.269 e. The molecule has 0 aliphatic carbocycles. The Bertz CT molecular complexity index is 781. The summed E-state index contributed by atoms with van der Waals surface area (Å²) in [5.74, 6) is -0.316. The molecule has 25 heavy (non-hydrogen) atoms. The zero-order valence-corrected chi connectivity index (χ0v) is 14.8. The van der Waals surface area contributed by atoms with Crippen molar-refractivity contribution in [3.63, 3.8) is 0 Å². The van der Waals surface area contributed by atoms with Gasteiger partial charge >= 0.3 is 0 Å². The van der Waals surface area contributed by atoms with Crippen LogP contribution in [0.5, 0.6) is 0 Å². The Kier molecular flexibility index (Phi) is 4.83. The van der Waals surface area contributed by atoms with Crippen LogP contribution in [0.1, 0.15) is 51.1 Å². The number of amides is 2. The van der Waals surface area contributed by atoms with E-state index in [0.29, 0.717) is 17.8 Å². The molecule has 0 bridgehead atoms. The van der Waals surface area contributed by atoms with Crippen LogP contribution in [0.15, 0.2) is 24.4 Å². The number of carbonyl (C=O) groups is 2. The van der Waals surface area contributed by atoms with E-state index in [4.69, 9.17) is 0 Å². The molecule has 7 nitrogen and oxygen atoms in total. The van der Waals surface area contributed by atoms with Crippen LogP contribution in [0.4, 0.5) is 0 Å². The van der Waals surface area contributed by atoms with Gasteiger partial charge < -0.3 is 10.2 Å². The lowest BCUT2D eigenvalue weighted by molar-refractivity contribution is 0.0670. The zero-order chi connectivity index (χ0) is 18.0. The van der Waals surface area contributed by atoms with Crippen molar-refractivity contribution in [1.29, 1.82) is 0 Å². The number of hydrogen-bond acceptors (Lipinski definition) is 4. The number of nitrogens with zero attached hydrogens (tertiary/aromatic N) is 4. The Morgan fingerprint density at radius 3 is 2.68 bits per heavy atom. The highest BCUT2D eigenvalue weighted by atomic mass is 16.2. The molecule has 3 rings (SSSR count). The van der Waals surface area contributed by atoms with Crippen molar-refractivity contribution in [2.75, 3.05) is 20.1 Å². The fourth-order valence-electron chi connectivity index (χ4n) is 3.32. The van der Waals surface area contributed by atoms with Crippen LogP contribution >= 0.6 is 0 Å². The molecule has 1 saturated heterocycles. The molecular formula is C18H23N5O2. The fourth-order valence-corrected chi connectivity index (χ4v) is 3.32. The molecular weight excluding hydrogens is 318 g/mol. The number of rotatable bonds is 3. The average molecular weight is 341 g/mol. The van der Waals surface area contributed by atoms with E-state index < -0.39 is 0 Å². The van der Waals surface area contributed by atoms with Crippen LogP contribution in [-0.4, -0.2) is 51.6 Å². The summed E-state index contributed by atoms with van der Waals surface area (Å²) in [4.78, 5) is 30.3. The van der Waals surface area contributed by atoms with Gasteiger partial charge in [0.05, 0.1) is 17.3 Å². The maximum atomic E-state index is 12.8.